The molecule has 0 atom stereocenters. The molecule has 1 N–H and O–H groups in total. The van der Waals surface area contributed by atoms with E-state index in [9.17, 15) is 0 Å². The molecule has 1 aromatic rings. The highest BCUT2D eigenvalue weighted by atomic mass is 79.9. The van der Waals surface area contributed by atoms with Crippen LogP contribution < -0.4 is 14.8 Å². The van der Waals surface area contributed by atoms with Crippen molar-refractivity contribution in [3.8, 4) is 11.5 Å². The van der Waals surface area contributed by atoms with Crippen molar-refractivity contribution in [2.45, 2.75) is 20.4 Å². The van der Waals surface area contributed by atoms with Crippen LogP contribution in [0.15, 0.2) is 16.6 Å². The van der Waals surface area contributed by atoms with E-state index in [1.54, 1.807) is 0 Å². The average molecular weight is 345 g/mol. The minimum Gasteiger partial charge on any atom is -0.490 e. The normalized spacial score (nSPS) is 10.9. The molecule has 0 spiro atoms. The number of halogens is 1. The Morgan fingerprint density at radius 3 is 2.45 bits per heavy atom. The lowest BCUT2D eigenvalue weighted by molar-refractivity contribution is 0.286. The zero-order valence-electron chi connectivity index (χ0n) is 12.8. The van der Waals surface area contributed by atoms with Gasteiger partial charge in [-0.2, -0.15) is 0 Å². The molecule has 0 fully saturated rings. The summed E-state index contributed by atoms with van der Waals surface area (Å²) in [5, 5.41) is 3.42. The van der Waals surface area contributed by atoms with Gasteiger partial charge in [0, 0.05) is 19.6 Å². The summed E-state index contributed by atoms with van der Waals surface area (Å²) in [6, 6.07) is 4.12. The second-order valence-corrected chi connectivity index (χ2v) is 5.61. The summed E-state index contributed by atoms with van der Waals surface area (Å²) in [7, 11) is 4.14. The van der Waals surface area contributed by atoms with Crippen LogP contribution in [0, 0.1) is 0 Å². The largest absolute Gasteiger partial charge is 0.490 e. The molecule has 0 aliphatic carbocycles. The van der Waals surface area contributed by atoms with Gasteiger partial charge in [0.25, 0.3) is 0 Å². The molecule has 0 amide bonds. The number of nitrogens with zero attached hydrogens (tertiary/aromatic N) is 1. The molecular formula is C15H25BrN2O2. The van der Waals surface area contributed by atoms with Crippen LogP contribution >= 0.6 is 15.9 Å². The fourth-order valence-corrected chi connectivity index (χ4v) is 2.41. The number of benzene rings is 1. The van der Waals surface area contributed by atoms with Crippen LogP contribution in [0.2, 0.25) is 0 Å². The van der Waals surface area contributed by atoms with Gasteiger partial charge in [0.1, 0.15) is 0 Å². The fourth-order valence-electron chi connectivity index (χ4n) is 1.81. The van der Waals surface area contributed by atoms with Gasteiger partial charge in [0.2, 0.25) is 0 Å². The van der Waals surface area contributed by atoms with Crippen LogP contribution in [0.3, 0.4) is 0 Å². The number of rotatable bonds is 9. The number of hydrogen-bond acceptors (Lipinski definition) is 4. The summed E-state index contributed by atoms with van der Waals surface area (Å²) < 4.78 is 12.2. The van der Waals surface area contributed by atoms with Crippen LogP contribution in [0.5, 0.6) is 11.5 Å². The molecule has 1 rings (SSSR count). The van der Waals surface area contributed by atoms with Gasteiger partial charge >= 0.3 is 0 Å². The number of likely N-dealkylation sites (N-methyl/N-ethyl adjacent to an activating group) is 1. The molecule has 1 aromatic carbocycles. The van der Waals surface area contributed by atoms with Gasteiger partial charge in [-0.1, -0.05) is 0 Å². The van der Waals surface area contributed by atoms with Gasteiger partial charge in [0.05, 0.1) is 17.7 Å². The Bertz CT molecular complexity index is 411. The smallest absolute Gasteiger partial charge is 0.175 e. The summed E-state index contributed by atoms with van der Waals surface area (Å²) in [5.74, 6) is 1.58. The van der Waals surface area contributed by atoms with Crippen LogP contribution in [0.4, 0.5) is 0 Å². The minimum absolute atomic E-state index is 0.624. The van der Waals surface area contributed by atoms with Crippen molar-refractivity contribution in [2.75, 3.05) is 40.4 Å². The van der Waals surface area contributed by atoms with Crippen molar-refractivity contribution in [3.05, 3.63) is 22.2 Å². The van der Waals surface area contributed by atoms with E-state index in [0.717, 1.165) is 35.6 Å². The zero-order valence-corrected chi connectivity index (χ0v) is 14.4. The van der Waals surface area contributed by atoms with Crippen LogP contribution in [0.1, 0.15) is 19.4 Å². The lowest BCUT2D eigenvalue weighted by Crippen LogP contribution is -2.26. The summed E-state index contributed by atoms with van der Waals surface area (Å²) in [6.45, 7) is 8.00. The first-order valence-electron chi connectivity index (χ1n) is 7.01. The molecule has 0 aliphatic heterocycles. The fraction of sp³-hybridized carbons (Fsp3) is 0.600. The SMILES string of the molecule is CCOc1cc(CNCCN(C)C)cc(Br)c1OCC. The van der Waals surface area contributed by atoms with Gasteiger partial charge in [-0.25, -0.2) is 0 Å². The summed E-state index contributed by atoms with van der Waals surface area (Å²) in [4.78, 5) is 2.16. The maximum Gasteiger partial charge on any atom is 0.175 e. The highest BCUT2D eigenvalue weighted by Crippen LogP contribution is 2.36. The number of hydrogen-bond donors (Lipinski definition) is 1. The Hall–Kier alpha value is -0.780. The molecule has 0 saturated heterocycles. The second kappa shape index (κ2) is 9.21. The van der Waals surface area contributed by atoms with Crippen molar-refractivity contribution in [2.24, 2.45) is 0 Å². The first-order chi connectivity index (χ1) is 9.58. The molecule has 0 aromatic heterocycles. The van der Waals surface area contributed by atoms with Gasteiger partial charge in [-0.3, -0.25) is 0 Å². The Labute approximate surface area is 130 Å². The molecule has 0 radical (unpaired) electrons. The molecule has 0 saturated carbocycles. The Balaban J connectivity index is 2.72. The Kier molecular flexibility index (Phi) is 7.95. The van der Waals surface area contributed by atoms with E-state index in [4.69, 9.17) is 9.47 Å². The maximum atomic E-state index is 5.66. The number of nitrogens with one attached hydrogen (secondary N) is 1. The molecule has 20 heavy (non-hydrogen) atoms. The van der Waals surface area contributed by atoms with Crippen molar-refractivity contribution in [1.82, 2.24) is 10.2 Å². The van der Waals surface area contributed by atoms with E-state index in [1.165, 1.54) is 5.56 Å². The average Bonchev–Trinajstić information content (AvgIpc) is 2.39. The van der Waals surface area contributed by atoms with E-state index < -0.39 is 0 Å². The van der Waals surface area contributed by atoms with Gasteiger partial charge in [-0.15, -0.1) is 0 Å². The summed E-state index contributed by atoms with van der Waals surface area (Å²) >= 11 is 3.56. The van der Waals surface area contributed by atoms with Crippen LogP contribution in [-0.2, 0) is 6.54 Å². The van der Waals surface area contributed by atoms with Gasteiger partial charge < -0.3 is 19.7 Å². The van der Waals surface area contributed by atoms with E-state index in [-0.39, 0.29) is 0 Å². The predicted octanol–water partition coefficient (Wildman–Crippen LogP) is 2.90. The van der Waals surface area contributed by atoms with E-state index in [0.29, 0.717) is 13.2 Å². The van der Waals surface area contributed by atoms with Crippen LogP contribution in [-0.4, -0.2) is 45.3 Å². The van der Waals surface area contributed by atoms with E-state index >= 15 is 0 Å². The molecule has 5 heteroatoms. The third kappa shape index (κ3) is 5.69. The Morgan fingerprint density at radius 2 is 1.85 bits per heavy atom. The van der Waals surface area contributed by atoms with Gasteiger partial charge in [-0.05, 0) is 61.6 Å². The van der Waals surface area contributed by atoms with Crippen LogP contribution in [0.25, 0.3) is 0 Å². The Morgan fingerprint density at radius 1 is 1.15 bits per heavy atom. The molecule has 4 nitrogen and oxygen atoms in total. The quantitative estimate of drug-likeness (QED) is 0.698. The van der Waals surface area contributed by atoms with Crippen molar-refractivity contribution >= 4 is 15.9 Å². The van der Waals surface area contributed by atoms with E-state index in [1.807, 2.05) is 19.9 Å². The third-order valence-electron chi connectivity index (χ3n) is 2.72. The summed E-state index contributed by atoms with van der Waals surface area (Å²) in [5.41, 5.74) is 1.18. The highest BCUT2D eigenvalue weighted by Gasteiger charge is 2.11. The first-order valence-corrected chi connectivity index (χ1v) is 7.81. The number of ether oxygens (including phenoxy) is 2. The topological polar surface area (TPSA) is 33.7 Å². The monoisotopic (exact) mass is 344 g/mol. The first kappa shape index (κ1) is 17.3. The summed E-state index contributed by atoms with van der Waals surface area (Å²) in [6.07, 6.45) is 0. The molecule has 0 heterocycles. The standard InChI is InChI=1S/C15H25BrN2O2/c1-5-19-14-10-12(11-17-7-8-18(3)4)9-13(16)15(14)20-6-2/h9-10,17H,5-8,11H2,1-4H3. The second-order valence-electron chi connectivity index (χ2n) is 4.75. The molecular weight excluding hydrogens is 320 g/mol. The van der Waals surface area contributed by atoms with Crippen molar-refractivity contribution in [1.29, 1.82) is 0 Å². The molecule has 0 bridgehead atoms. The lowest BCUT2D eigenvalue weighted by atomic mass is 10.2. The lowest BCUT2D eigenvalue weighted by Gasteiger charge is -2.15. The third-order valence-corrected chi connectivity index (χ3v) is 3.31. The maximum absolute atomic E-state index is 5.66. The molecule has 0 aliphatic rings. The minimum atomic E-state index is 0.624. The van der Waals surface area contributed by atoms with Crippen molar-refractivity contribution in [3.63, 3.8) is 0 Å². The molecule has 0 unspecified atom stereocenters. The highest BCUT2D eigenvalue weighted by molar-refractivity contribution is 9.10. The predicted molar refractivity (Wildman–Crippen MR) is 86.7 cm³/mol. The zero-order chi connectivity index (χ0) is 15.0. The van der Waals surface area contributed by atoms with E-state index in [2.05, 4.69) is 46.3 Å². The van der Waals surface area contributed by atoms with Crippen molar-refractivity contribution < 1.29 is 9.47 Å². The molecule has 114 valence electrons. The van der Waals surface area contributed by atoms with Gasteiger partial charge in [0.15, 0.2) is 11.5 Å².